The number of aryl methyl sites for hydroxylation is 1. The summed E-state index contributed by atoms with van der Waals surface area (Å²) in [6.07, 6.45) is 6.15. The number of hydrogen-bond acceptors (Lipinski definition) is 3. The highest BCUT2D eigenvalue weighted by molar-refractivity contribution is 7.99. The van der Waals surface area contributed by atoms with Crippen molar-refractivity contribution in [2.24, 2.45) is 5.92 Å². The van der Waals surface area contributed by atoms with Crippen LogP contribution in [0, 0.1) is 12.8 Å². The van der Waals surface area contributed by atoms with Crippen molar-refractivity contribution < 1.29 is 4.79 Å². The molecule has 1 aromatic rings. The SMILES string of the molecule is CSCC(=O)NC(c1cc(C)ccn1)C1CC1. The third kappa shape index (κ3) is 3.46. The summed E-state index contributed by atoms with van der Waals surface area (Å²) in [6.45, 7) is 2.05. The Bertz CT molecular complexity index is 404. The molecule has 0 saturated heterocycles. The third-order valence-electron chi connectivity index (χ3n) is 2.94. The summed E-state index contributed by atoms with van der Waals surface area (Å²) in [4.78, 5) is 16.1. The molecule has 4 heteroatoms. The Hall–Kier alpha value is -1.03. The molecule has 1 amide bonds. The van der Waals surface area contributed by atoms with Gasteiger partial charge in [0.1, 0.15) is 0 Å². The molecule has 1 N–H and O–H groups in total. The summed E-state index contributed by atoms with van der Waals surface area (Å²) in [5.41, 5.74) is 2.20. The molecule has 0 radical (unpaired) electrons. The van der Waals surface area contributed by atoms with Crippen LogP contribution in [-0.4, -0.2) is 22.9 Å². The lowest BCUT2D eigenvalue weighted by Gasteiger charge is -2.17. The average Bonchev–Trinajstić information content (AvgIpc) is 3.10. The molecule has 0 bridgehead atoms. The number of thioether (sulfide) groups is 1. The second-order valence-corrected chi connectivity index (χ2v) is 5.44. The van der Waals surface area contributed by atoms with Crippen molar-refractivity contribution in [3.63, 3.8) is 0 Å². The normalized spacial score (nSPS) is 16.6. The highest BCUT2D eigenvalue weighted by Crippen LogP contribution is 2.40. The number of aromatic nitrogens is 1. The smallest absolute Gasteiger partial charge is 0.230 e. The zero-order valence-corrected chi connectivity index (χ0v) is 11.1. The van der Waals surface area contributed by atoms with Gasteiger partial charge in [-0.1, -0.05) is 0 Å². The van der Waals surface area contributed by atoms with E-state index in [2.05, 4.69) is 23.3 Å². The molecule has 1 heterocycles. The first kappa shape index (κ1) is 12.4. The van der Waals surface area contributed by atoms with Crippen molar-refractivity contribution in [1.82, 2.24) is 10.3 Å². The topological polar surface area (TPSA) is 42.0 Å². The Kier molecular flexibility index (Phi) is 4.05. The lowest BCUT2D eigenvalue weighted by atomic mass is 10.1. The Balaban J connectivity index is 2.09. The van der Waals surface area contributed by atoms with Crippen LogP contribution in [0.15, 0.2) is 18.3 Å². The van der Waals surface area contributed by atoms with E-state index in [0.717, 1.165) is 5.69 Å². The molecule has 3 nitrogen and oxygen atoms in total. The average molecular weight is 250 g/mol. The summed E-state index contributed by atoms with van der Waals surface area (Å²) in [5, 5.41) is 3.10. The van der Waals surface area contributed by atoms with E-state index in [0.29, 0.717) is 11.7 Å². The molecule has 0 spiro atoms. The van der Waals surface area contributed by atoms with Crippen LogP contribution in [-0.2, 0) is 4.79 Å². The number of nitrogens with one attached hydrogen (secondary N) is 1. The summed E-state index contributed by atoms with van der Waals surface area (Å²) >= 11 is 1.55. The van der Waals surface area contributed by atoms with Gasteiger partial charge in [0.25, 0.3) is 0 Å². The fraction of sp³-hybridized carbons (Fsp3) is 0.538. The number of pyridine rings is 1. The molecular formula is C13H18N2OS. The molecule has 1 unspecified atom stereocenters. The van der Waals surface area contributed by atoms with E-state index < -0.39 is 0 Å². The lowest BCUT2D eigenvalue weighted by molar-refractivity contribution is -0.119. The highest BCUT2D eigenvalue weighted by atomic mass is 32.2. The van der Waals surface area contributed by atoms with Gasteiger partial charge in [0.2, 0.25) is 5.91 Å². The maximum atomic E-state index is 11.7. The monoisotopic (exact) mass is 250 g/mol. The molecule has 2 rings (SSSR count). The minimum atomic E-state index is 0.106. The molecule has 1 atom stereocenters. The van der Waals surface area contributed by atoms with Gasteiger partial charge >= 0.3 is 0 Å². The van der Waals surface area contributed by atoms with Crippen molar-refractivity contribution in [3.05, 3.63) is 29.6 Å². The zero-order chi connectivity index (χ0) is 12.3. The van der Waals surface area contributed by atoms with Crippen molar-refractivity contribution in [1.29, 1.82) is 0 Å². The van der Waals surface area contributed by atoms with Crippen LogP contribution >= 0.6 is 11.8 Å². The quantitative estimate of drug-likeness (QED) is 0.872. The molecule has 92 valence electrons. The number of nitrogens with zero attached hydrogens (tertiary/aromatic N) is 1. The van der Waals surface area contributed by atoms with Gasteiger partial charge in [0, 0.05) is 6.20 Å². The number of amides is 1. The predicted octanol–water partition coefficient (Wildman–Crippen LogP) is 2.32. The predicted molar refractivity (Wildman–Crippen MR) is 71.0 cm³/mol. The second-order valence-electron chi connectivity index (χ2n) is 4.57. The van der Waals surface area contributed by atoms with Crippen molar-refractivity contribution >= 4 is 17.7 Å². The number of carbonyl (C=O) groups excluding carboxylic acids is 1. The molecule has 1 aliphatic carbocycles. The fourth-order valence-electron chi connectivity index (χ4n) is 1.94. The van der Waals surface area contributed by atoms with Gasteiger partial charge in [-0.2, -0.15) is 11.8 Å². The van der Waals surface area contributed by atoms with E-state index in [1.807, 2.05) is 18.5 Å². The summed E-state index contributed by atoms with van der Waals surface area (Å²) in [5.74, 6) is 1.21. The van der Waals surface area contributed by atoms with E-state index in [1.165, 1.54) is 18.4 Å². The van der Waals surface area contributed by atoms with Crippen LogP contribution in [0.3, 0.4) is 0 Å². The van der Waals surface area contributed by atoms with Crippen LogP contribution in [0.1, 0.15) is 30.1 Å². The van der Waals surface area contributed by atoms with E-state index >= 15 is 0 Å². The van der Waals surface area contributed by atoms with Gasteiger partial charge in [0.05, 0.1) is 17.5 Å². The standard InChI is InChI=1S/C13H18N2OS/c1-9-5-6-14-11(7-9)13(10-3-4-10)15-12(16)8-17-2/h5-7,10,13H,3-4,8H2,1-2H3,(H,15,16). The number of hydrogen-bond donors (Lipinski definition) is 1. The molecule has 1 saturated carbocycles. The molecule has 1 aromatic heterocycles. The second kappa shape index (κ2) is 5.54. The summed E-state index contributed by atoms with van der Waals surface area (Å²) in [7, 11) is 0. The van der Waals surface area contributed by atoms with Gasteiger partial charge < -0.3 is 5.32 Å². The Morgan fingerprint density at radius 2 is 2.41 bits per heavy atom. The van der Waals surface area contributed by atoms with E-state index in [1.54, 1.807) is 11.8 Å². The third-order valence-corrected chi connectivity index (χ3v) is 3.49. The van der Waals surface area contributed by atoms with Crippen LogP contribution in [0.4, 0.5) is 0 Å². The maximum absolute atomic E-state index is 11.7. The van der Waals surface area contributed by atoms with Crippen LogP contribution in [0.25, 0.3) is 0 Å². The maximum Gasteiger partial charge on any atom is 0.230 e. The Morgan fingerprint density at radius 3 is 3.00 bits per heavy atom. The van der Waals surface area contributed by atoms with Crippen LogP contribution < -0.4 is 5.32 Å². The van der Waals surface area contributed by atoms with Gasteiger partial charge in [-0.25, -0.2) is 0 Å². The van der Waals surface area contributed by atoms with E-state index in [4.69, 9.17) is 0 Å². The van der Waals surface area contributed by atoms with Crippen LogP contribution in [0.5, 0.6) is 0 Å². The van der Waals surface area contributed by atoms with Gasteiger partial charge in [0.15, 0.2) is 0 Å². The van der Waals surface area contributed by atoms with E-state index in [9.17, 15) is 4.79 Å². The number of carbonyl (C=O) groups is 1. The number of rotatable bonds is 5. The first-order valence-corrected chi connectivity index (χ1v) is 7.31. The molecule has 1 fully saturated rings. The van der Waals surface area contributed by atoms with E-state index in [-0.39, 0.29) is 11.9 Å². The lowest BCUT2D eigenvalue weighted by Crippen LogP contribution is -2.31. The molecule has 0 aliphatic heterocycles. The molecular weight excluding hydrogens is 232 g/mol. The largest absolute Gasteiger partial charge is 0.347 e. The Morgan fingerprint density at radius 1 is 1.65 bits per heavy atom. The fourth-order valence-corrected chi connectivity index (χ4v) is 2.28. The van der Waals surface area contributed by atoms with Crippen molar-refractivity contribution in [2.75, 3.05) is 12.0 Å². The highest BCUT2D eigenvalue weighted by Gasteiger charge is 2.34. The molecule has 0 aromatic carbocycles. The minimum Gasteiger partial charge on any atom is -0.347 e. The minimum absolute atomic E-state index is 0.106. The summed E-state index contributed by atoms with van der Waals surface area (Å²) < 4.78 is 0. The summed E-state index contributed by atoms with van der Waals surface area (Å²) in [6, 6.07) is 4.16. The van der Waals surface area contributed by atoms with Gasteiger partial charge in [-0.15, -0.1) is 0 Å². The van der Waals surface area contributed by atoms with Gasteiger partial charge in [-0.3, -0.25) is 9.78 Å². The van der Waals surface area contributed by atoms with Crippen LogP contribution in [0.2, 0.25) is 0 Å². The molecule has 1 aliphatic rings. The van der Waals surface area contributed by atoms with Gasteiger partial charge in [-0.05, 0) is 49.6 Å². The Labute approximate surface area is 106 Å². The zero-order valence-electron chi connectivity index (χ0n) is 10.3. The first-order chi connectivity index (χ1) is 8.20. The van der Waals surface area contributed by atoms with Crippen molar-refractivity contribution in [2.45, 2.75) is 25.8 Å². The molecule has 17 heavy (non-hydrogen) atoms. The van der Waals surface area contributed by atoms with Crippen molar-refractivity contribution in [3.8, 4) is 0 Å². The first-order valence-electron chi connectivity index (χ1n) is 5.91.